The normalized spacial score (nSPS) is 15.4. The lowest BCUT2D eigenvalue weighted by molar-refractivity contribution is -0.127. The zero-order chi connectivity index (χ0) is 11.8. The number of likely N-dealkylation sites (tertiary alicyclic amines) is 1. The summed E-state index contributed by atoms with van der Waals surface area (Å²) >= 11 is 0. The average molecular weight is 222 g/mol. The highest BCUT2D eigenvalue weighted by atomic mass is 16.2. The summed E-state index contributed by atoms with van der Waals surface area (Å²) in [7, 11) is 2.09. The van der Waals surface area contributed by atoms with Gasteiger partial charge in [0.25, 0.3) is 0 Å². The molecule has 90 valence electrons. The van der Waals surface area contributed by atoms with E-state index in [0.717, 1.165) is 26.1 Å². The molecule has 0 N–H and O–H groups in total. The molecule has 0 aliphatic carbocycles. The van der Waals surface area contributed by atoms with E-state index in [2.05, 4.69) is 30.7 Å². The molecule has 16 heavy (non-hydrogen) atoms. The molecule has 1 amide bonds. The van der Waals surface area contributed by atoms with Crippen molar-refractivity contribution >= 4 is 5.91 Å². The summed E-state index contributed by atoms with van der Waals surface area (Å²) in [5, 5.41) is 0. The minimum Gasteiger partial charge on any atom is -0.332 e. The molecule has 0 spiro atoms. The van der Waals surface area contributed by atoms with E-state index in [-0.39, 0.29) is 5.91 Å². The fourth-order valence-electron chi connectivity index (χ4n) is 1.72. The Bertz CT molecular complexity index is 277. The molecule has 3 nitrogen and oxygen atoms in total. The number of nitrogens with zero attached hydrogens (tertiary/aromatic N) is 2. The molecular weight excluding hydrogens is 200 g/mol. The molecule has 0 radical (unpaired) electrons. The molecule has 0 saturated carbocycles. The maximum absolute atomic E-state index is 11.3. The number of hydrogen-bond donors (Lipinski definition) is 0. The summed E-state index contributed by atoms with van der Waals surface area (Å²) in [4.78, 5) is 15.4. The molecule has 1 aliphatic rings. The van der Waals surface area contributed by atoms with Gasteiger partial charge in [-0.05, 0) is 26.4 Å². The van der Waals surface area contributed by atoms with Crippen LogP contribution >= 0.6 is 0 Å². The summed E-state index contributed by atoms with van der Waals surface area (Å²) in [5.74, 6) is 6.46. The van der Waals surface area contributed by atoms with E-state index >= 15 is 0 Å². The first-order valence-corrected chi connectivity index (χ1v) is 6.16. The van der Waals surface area contributed by atoms with Crippen LogP contribution in [0.15, 0.2) is 0 Å². The van der Waals surface area contributed by atoms with Crippen LogP contribution in [0.3, 0.4) is 0 Å². The van der Waals surface area contributed by atoms with Gasteiger partial charge in [-0.25, -0.2) is 0 Å². The third-order valence-corrected chi connectivity index (χ3v) is 2.81. The van der Waals surface area contributed by atoms with Gasteiger partial charge in [-0.15, -0.1) is 0 Å². The molecular formula is C13H22N2O. The van der Waals surface area contributed by atoms with Gasteiger partial charge in [0, 0.05) is 13.0 Å². The maximum atomic E-state index is 11.3. The quantitative estimate of drug-likeness (QED) is 0.655. The maximum Gasteiger partial charge on any atom is 0.223 e. The van der Waals surface area contributed by atoms with Crippen molar-refractivity contribution in [1.29, 1.82) is 0 Å². The highest BCUT2D eigenvalue weighted by molar-refractivity contribution is 5.78. The van der Waals surface area contributed by atoms with Crippen LogP contribution in [0.1, 0.15) is 32.6 Å². The second-order valence-corrected chi connectivity index (χ2v) is 4.36. The van der Waals surface area contributed by atoms with Crippen molar-refractivity contribution in [3.63, 3.8) is 0 Å². The Hall–Kier alpha value is -1.01. The number of unbranched alkanes of at least 4 members (excludes halogenated alkanes) is 1. The largest absolute Gasteiger partial charge is 0.332 e. The predicted octanol–water partition coefficient (Wildman–Crippen LogP) is 1.34. The van der Waals surface area contributed by atoms with Crippen molar-refractivity contribution in [2.24, 2.45) is 0 Å². The second kappa shape index (κ2) is 7.29. The van der Waals surface area contributed by atoms with Crippen LogP contribution in [-0.4, -0.2) is 48.9 Å². The minimum absolute atomic E-state index is 0.258. The van der Waals surface area contributed by atoms with Gasteiger partial charge in [0.15, 0.2) is 0 Å². The smallest absolute Gasteiger partial charge is 0.223 e. The standard InChI is InChI=1S/C13H22N2O/c1-3-4-9-14(2)10-5-6-11-15-12-7-8-13(15)16/h3-4,7-12H2,1-2H3. The number of carbonyl (C=O) groups excluding carboxylic acids is 1. The Morgan fingerprint density at radius 2 is 2.25 bits per heavy atom. The molecule has 1 rings (SSSR count). The molecule has 1 saturated heterocycles. The lowest BCUT2D eigenvalue weighted by Crippen LogP contribution is -2.25. The summed E-state index contributed by atoms with van der Waals surface area (Å²) < 4.78 is 0. The highest BCUT2D eigenvalue weighted by Crippen LogP contribution is 2.07. The van der Waals surface area contributed by atoms with Crippen LogP contribution in [0.5, 0.6) is 0 Å². The number of rotatable bonds is 5. The Kier molecular flexibility index (Phi) is 5.95. The third-order valence-electron chi connectivity index (χ3n) is 2.81. The number of carbonyl (C=O) groups is 1. The molecule has 1 heterocycles. The van der Waals surface area contributed by atoms with Crippen LogP contribution < -0.4 is 0 Å². The van der Waals surface area contributed by atoms with Gasteiger partial charge in [-0.2, -0.15) is 0 Å². The van der Waals surface area contributed by atoms with E-state index in [0.29, 0.717) is 13.0 Å². The SMILES string of the molecule is CCCCN(C)CC#CCN1CCCC1=O. The Morgan fingerprint density at radius 3 is 2.88 bits per heavy atom. The van der Waals surface area contributed by atoms with Crippen LogP contribution in [0.4, 0.5) is 0 Å². The monoisotopic (exact) mass is 222 g/mol. The zero-order valence-corrected chi connectivity index (χ0v) is 10.5. The Balaban J connectivity index is 2.14. The summed E-state index contributed by atoms with van der Waals surface area (Å²) in [5.41, 5.74) is 0. The van der Waals surface area contributed by atoms with Gasteiger partial charge >= 0.3 is 0 Å². The fraction of sp³-hybridized carbons (Fsp3) is 0.769. The Morgan fingerprint density at radius 1 is 1.44 bits per heavy atom. The van der Waals surface area contributed by atoms with Gasteiger partial charge in [0.1, 0.15) is 0 Å². The lowest BCUT2D eigenvalue weighted by Gasteiger charge is -2.12. The molecule has 0 aromatic rings. The fourth-order valence-corrected chi connectivity index (χ4v) is 1.72. The highest BCUT2D eigenvalue weighted by Gasteiger charge is 2.18. The van der Waals surface area contributed by atoms with Crippen molar-refractivity contribution in [3.8, 4) is 11.8 Å². The van der Waals surface area contributed by atoms with E-state index in [4.69, 9.17) is 0 Å². The van der Waals surface area contributed by atoms with Crippen molar-refractivity contribution < 1.29 is 4.79 Å². The number of hydrogen-bond acceptors (Lipinski definition) is 2. The first-order chi connectivity index (χ1) is 7.74. The van der Waals surface area contributed by atoms with Crippen LogP contribution in [0, 0.1) is 11.8 Å². The molecule has 0 aromatic carbocycles. The van der Waals surface area contributed by atoms with E-state index in [9.17, 15) is 4.79 Å². The summed E-state index contributed by atoms with van der Waals surface area (Å²) in [6, 6.07) is 0. The van der Waals surface area contributed by atoms with Gasteiger partial charge in [-0.1, -0.05) is 25.2 Å². The first-order valence-electron chi connectivity index (χ1n) is 6.16. The zero-order valence-electron chi connectivity index (χ0n) is 10.5. The van der Waals surface area contributed by atoms with Crippen LogP contribution in [0.25, 0.3) is 0 Å². The minimum atomic E-state index is 0.258. The van der Waals surface area contributed by atoms with E-state index in [1.54, 1.807) is 0 Å². The Labute approximate surface area is 98.8 Å². The van der Waals surface area contributed by atoms with Crippen molar-refractivity contribution in [3.05, 3.63) is 0 Å². The van der Waals surface area contributed by atoms with Gasteiger partial charge in [-0.3, -0.25) is 9.69 Å². The van der Waals surface area contributed by atoms with Gasteiger partial charge < -0.3 is 4.90 Å². The average Bonchev–Trinajstić information content (AvgIpc) is 2.67. The topological polar surface area (TPSA) is 23.6 Å². The molecule has 1 fully saturated rings. The molecule has 0 bridgehead atoms. The van der Waals surface area contributed by atoms with Crippen molar-refractivity contribution in [1.82, 2.24) is 9.80 Å². The van der Waals surface area contributed by atoms with Gasteiger partial charge in [0.05, 0.1) is 13.1 Å². The van der Waals surface area contributed by atoms with Crippen LogP contribution in [-0.2, 0) is 4.79 Å². The van der Waals surface area contributed by atoms with Crippen molar-refractivity contribution in [2.75, 3.05) is 33.2 Å². The lowest BCUT2D eigenvalue weighted by atomic mass is 10.3. The predicted molar refractivity (Wildman–Crippen MR) is 66.0 cm³/mol. The van der Waals surface area contributed by atoms with Gasteiger partial charge in [0.2, 0.25) is 5.91 Å². The molecule has 1 aliphatic heterocycles. The van der Waals surface area contributed by atoms with E-state index < -0.39 is 0 Å². The van der Waals surface area contributed by atoms with E-state index in [1.807, 2.05) is 4.90 Å². The third kappa shape index (κ3) is 4.67. The molecule has 0 aromatic heterocycles. The molecule has 3 heteroatoms. The summed E-state index contributed by atoms with van der Waals surface area (Å²) in [6.45, 7) is 5.61. The molecule has 0 atom stereocenters. The summed E-state index contributed by atoms with van der Waals surface area (Å²) in [6.07, 6.45) is 4.15. The molecule has 0 unspecified atom stereocenters. The van der Waals surface area contributed by atoms with Crippen LogP contribution in [0.2, 0.25) is 0 Å². The number of amides is 1. The first kappa shape index (κ1) is 13.1. The second-order valence-electron chi connectivity index (χ2n) is 4.36. The van der Waals surface area contributed by atoms with E-state index in [1.165, 1.54) is 12.8 Å². The van der Waals surface area contributed by atoms with Crippen molar-refractivity contribution in [2.45, 2.75) is 32.6 Å².